The van der Waals surface area contributed by atoms with Gasteiger partial charge in [-0.1, -0.05) is 187 Å². The van der Waals surface area contributed by atoms with Gasteiger partial charge in [-0.15, -0.1) is 0 Å². The molecule has 0 saturated heterocycles. The zero-order chi connectivity index (χ0) is 38.4. The van der Waals surface area contributed by atoms with Crippen LogP contribution in [0.5, 0.6) is 0 Å². The fraction of sp³-hybridized carbons (Fsp3) is 0.951. The highest BCUT2D eigenvalue weighted by atomic mass is 31.2. The van der Waals surface area contributed by atoms with Crippen LogP contribution in [-0.4, -0.2) is 65.7 Å². The smallest absolute Gasteiger partial charge is 0.462 e. The van der Waals surface area contributed by atoms with Gasteiger partial charge in [0.05, 0.1) is 19.8 Å². The van der Waals surface area contributed by atoms with Crippen LogP contribution in [-0.2, 0) is 32.7 Å². The summed E-state index contributed by atoms with van der Waals surface area (Å²) in [5, 5.41) is 18.3. The molecule has 0 bridgehead atoms. The molecule has 52 heavy (non-hydrogen) atoms. The topological polar surface area (TPSA) is 149 Å². The Morgan fingerprint density at radius 3 is 1.19 bits per heavy atom. The lowest BCUT2D eigenvalue weighted by atomic mass is 10.0. The van der Waals surface area contributed by atoms with Crippen molar-refractivity contribution in [1.29, 1.82) is 0 Å². The summed E-state index contributed by atoms with van der Waals surface area (Å²) in [6.45, 7) is 2.41. The largest absolute Gasteiger partial charge is 0.472 e. The molecule has 0 spiro atoms. The van der Waals surface area contributed by atoms with Crippen molar-refractivity contribution in [1.82, 2.24) is 0 Å². The second-order valence-electron chi connectivity index (χ2n) is 14.7. The van der Waals surface area contributed by atoms with Crippen LogP contribution in [0.1, 0.15) is 213 Å². The number of unbranched alkanes of at least 4 members (excludes halogenated alkanes) is 27. The van der Waals surface area contributed by atoms with Crippen LogP contribution in [0.3, 0.4) is 0 Å². The Balaban J connectivity index is 4.22. The minimum atomic E-state index is -4.61. The van der Waals surface area contributed by atoms with E-state index >= 15 is 0 Å². The van der Waals surface area contributed by atoms with Crippen molar-refractivity contribution in [2.75, 3.05) is 26.4 Å². The van der Waals surface area contributed by atoms with E-state index in [4.69, 9.17) is 19.1 Å². The van der Waals surface area contributed by atoms with Crippen LogP contribution in [0, 0.1) is 0 Å². The van der Waals surface area contributed by atoms with Gasteiger partial charge < -0.3 is 24.6 Å². The monoisotopic (exact) mass is 765 g/mol. The van der Waals surface area contributed by atoms with E-state index in [2.05, 4.69) is 18.4 Å². The Morgan fingerprint density at radius 2 is 0.827 bits per heavy atom. The molecular weight excluding hydrogens is 683 g/mol. The van der Waals surface area contributed by atoms with Gasteiger partial charge >= 0.3 is 19.8 Å². The molecule has 0 heterocycles. The molecular formula is C41H81O10P. The van der Waals surface area contributed by atoms with Crippen LogP contribution in [0.25, 0.3) is 0 Å². The molecule has 0 radical (unpaired) electrons. The van der Waals surface area contributed by atoms with E-state index in [1.165, 1.54) is 141 Å². The first-order valence-corrected chi connectivity index (χ1v) is 23.0. The number of phosphoric ester groups is 1. The molecule has 0 saturated carbocycles. The zero-order valence-electron chi connectivity index (χ0n) is 33.6. The van der Waals surface area contributed by atoms with Crippen molar-refractivity contribution in [3.8, 4) is 0 Å². The number of carbonyl (C=O) groups excluding carboxylic acids is 2. The lowest BCUT2D eigenvalue weighted by Crippen LogP contribution is -2.29. The second kappa shape index (κ2) is 38.3. The molecule has 0 aromatic rings. The summed E-state index contributed by atoms with van der Waals surface area (Å²) >= 11 is 0. The Bertz CT molecular complexity index is 842. The first-order chi connectivity index (χ1) is 25.2. The van der Waals surface area contributed by atoms with Gasteiger partial charge in [-0.05, 0) is 12.8 Å². The van der Waals surface area contributed by atoms with Crippen molar-refractivity contribution in [2.24, 2.45) is 0 Å². The van der Waals surface area contributed by atoms with Gasteiger partial charge in [0.1, 0.15) is 12.7 Å². The highest BCUT2D eigenvalue weighted by Gasteiger charge is 2.27. The molecule has 0 aliphatic heterocycles. The van der Waals surface area contributed by atoms with E-state index in [-0.39, 0.29) is 19.4 Å². The maximum Gasteiger partial charge on any atom is 0.472 e. The number of hydrogen-bond acceptors (Lipinski definition) is 9. The number of carbonyl (C=O) groups is 2. The van der Waals surface area contributed by atoms with Crippen molar-refractivity contribution < 1.29 is 47.8 Å². The van der Waals surface area contributed by atoms with Crippen LogP contribution >= 0.6 is 7.82 Å². The molecule has 0 aliphatic rings. The van der Waals surface area contributed by atoms with Crippen LogP contribution in [0.2, 0.25) is 0 Å². The molecule has 0 rings (SSSR count). The first-order valence-electron chi connectivity index (χ1n) is 21.5. The van der Waals surface area contributed by atoms with E-state index in [0.717, 1.165) is 32.1 Å². The molecule has 10 nitrogen and oxygen atoms in total. The molecule has 3 N–H and O–H groups in total. The molecule has 1 unspecified atom stereocenters. The van der Waals surface area contributed by atoms with E-state index < -0.39 is 51.8 Å². The minimum Gasteiger partial charge on any atom is -0.462 e. The van der Waals surface area contributed by atoms with Crippen LogP contribution in [0.15, 0.2) is 0 Å². The Morgan fingerprint density at radius 1 is 0.500 bits per heavy atom. The van der Waals surface area contributed by atoms with E-state index in [0.29, 0.717) is 12.8 Å². The van der Waals surface area contributed by atoms with Crippen LogP contribution in [0.4, 0.5) is 0 Å². The summed E-state index contributed by atoms with van der Waals surface area (Å²) in [6, 6.07) is 0. The van der Waals surface area contributed by atoms with E-state index in [1.54, 1.807) is 0 Å². The standard InChI is InChI=1S/C41H81O10P/c1-3-5-7-9-11-13-15-17-18-19-20-21-23-24-26-28-30-32-40(44)48-36-39(37-50-52(46,47)49-35-38(43)34-42)51-41(45)33-31-29-27-25-22-16-14-12-10-8-6-4-2/h38-39,42-43H,3-37H2,1-2H3,(H,46,47)/t38-,39+/m0/s1. The van der Waals surface area contributed by atoms with Gasteiger partial charge in [-0.25, -0.2) is 4.57 Å². The number of hydrogen-bond donors (Lipinski definition) is 3. The second-order valence-corrected chi connectivity index (χ2v) is 16.2. The molecule has 0 aromatic carbocycles. The van der Waals surface area contributed by atoms with Gasteiger partial charge in [0, 0.05) is 12.8 Å². The third kappa shape index (κ3) is 37.3. The fourth-order valence-corrected chi connectivity index (χ4v) is 6.96. The Hall–Kier alpha value is -1.03. The lowest BCUT2D eigenvalue weighted by molar-refractivity contribution is -0.161. The number of esters is 2. The lowest BCUT2D eigenvalue weighted by Gasteiger charge is -2.20. The highest BCUT2D eigenvalue weighted by Crippen LogP contribution is 2.43. The average Bonchev–Trinajstić information content (AvgIpc) is 3.13. The Labute approximate surface area is 318 Å². The fourth-order valence-electron chi connectivity index (χ4n) is 6.17. The molecule has 0 aromatic heterocycles. The zero-order valence-corrected chi connectivity index (χ0v) is 34.4. The number of aliphatic hydroxyl groups excluding tert-OH is 2. The molecule has 310 valence electrons. The van der Waals surface area contributed by atoms with Gasteiger partial charge in [-0.2, -0.15) is 0 Å². The van der Waals surface area contributed by atoms with Gasteiger partial charge in [0.2, 0.25) is 0 Å². The van der Waals surface area contributed by atoms with Gasteiger partial charge in [-0.3, -0.25) is 18.6 Å². The van der Waals surface area contributed by atoms with Crippen molar-refractivity contribution >= 4 is 19.8 Å². The summed E-state index contributed by atoms with van der Waals surface area (Å²) in [6.07, 6.45) is 33.5. The summed E-state index contributed by atoms with van der Waals surface area (Å²) < 4.78 is 32.7. The highest BCUT2D eigenvalue weighted by molar-refractivity contribution is 7.47. The molecule has 3 atom stereocenters. The SMILES string of the molecule is CCCCCCCCCCCCCCCCCCCC(=O)OC[C@H](COP(=O)(O)OC[C@@H](O)CO)OC(=O)CCCCCCCCCCCCCC. The summed E-state index contributed by atoms with van der Waals surface area (Å²) in [5.74, 6) is -0.910. The number of phosphoric acid groups is 1. The maximum absolute atomic E-state index is 12.6. The van der Waals surface area contributed by atoms with E-state index in [1.807, 2.05) is 0 Å². The normalized spacial score (nSPS) is 13.9. The van der Waals surface area contributed by atoms with Crippen LogP contribution < -0.4 is 0 Å². The number of aliphatic hydroxyl groups is 2. The average molecular weight is 765 g/mol. The van der Waals surface area contributed by atoms with Gasteiger partial charge in [0.15, 0.2) is 6.10 Å². The molecule has 0 aliphatic carbocycles. The van der Waals surface area contributed by atoms with E-state index in [9.17, 15) is 24.2 Å². The maximum atomic E-state index is 12.6. The Kier molecular flexibility index (Phi) is 37.5. The number of ether oxygens (including phenoxy) is 2. The molecule has 0 fully saturated rings. The molecule has 0 amide bonds. The third-order valence-corrected chi connectivity index (χ3v) is 10.5. The third-order valence-electron chi connectivity index (χ3n) is 9.51. The molecule has 11 heteroatoms. The quantitative estimate of drug-likeness (QED) is 0.0312. The summed E-state index contributed by atoms with van der Waals surface area (Å²) in [7, 11) is -4.61. The summed E-state index contributed by atoms with van der Waals surface area (Å²) in [5.41, 5.74) is 0. The predicted molar refractivity (Wildman–Crippen MR) is 210 cm³/mol. The number of rotatable bonds is 41. The van der Waals surface area contributed by atoms with Crippen molar-refractivity contribution in [3.63, 3.8) is 0 Å². The predicted octanol–water partition coefficient (Wildman–Crippen LogP) is 11.1. The summed E-state index contributed by atoms with van der Waals surface area (Å²) in [4.78, 5) is 34.9. The van der Waals surface area contributed by atoms with Crippen molar-refractivity contribution in [3.05, 3.63) is 0 Å². The van der Waals surface area contributed by atoms with Crippen molar-refractivity contribution in [2.45, 2.75) is 225 Å². The minimum absolute atomic E-state index is 0.192. The van der Waals surface area contributed by atoms with Gasteiger partial charge in [0.25, 0.3) is 0 Å². The first kappa shape index (κ1) is 51.0.